The van der Waals surface area contributed by atoms with E-state index >= 15 is 0 Å². The molecule has 1 aromatic rings. The molecule has 13 nitrogen and oxygen atoms in total. The summed E-state index contributed by atoms with van der Waals surface area (Å²) in [6.45, 7) is 8.37. The summed E-state index contributed by atoms with van der Waals surface area (Å²) in [5.74, 6) is -2.16. The van der Waals surface area contributed by atoms with Crippen molar-refractivity contribution in [2.24, 2.45) is 11.7 Å². The van der Waals surface area contributed by atoms with E-state index in [4.69, 9.17) is 10.5 Å². The molecule has 0 fully saturated rings. The number of primary amides is 1. The van der Waals surface area contributed by atoms with Crippen molar-refractivity contribution in [3.05, 3.63) is 41.8 Å². The Hall–Kier alpha value is -3.94. The van der Waals surface area contributed by atoms with Gasteiger partial charge in [0.05, 0.1) is 5.75 Å². The van der Waals surface area contributed by atoms with Gasteiger partial charge in [-0.05, 0) is 49.3 Å². The summed E-state index contributed by atoms with van der Waals surface area (Å²) in [5.41, 5.74) is 6.28. The second-order valence-electron chi connectivity index (χ2n) is 10.1. The number of carbonyl (C=O) groups excluding carboxylic acids is 5. The number of sulfone groups is 1. The molecule has 1 aromatic carbocycles. The molecule has 0 bridgehead atoms. The lowest BCUT2D eigenvalue weighted by Crippen LogP contribution is -2.54. The minimum Gasteiger partial charge on any atom is -0.461 e. The molecule has 5 amide bonds. The molecule has 0 spiro atoms. The van der Waals surface area contributed by atoms with Gasteiger partial charge in [0.15, 0.2) is 9.84 Å². The van der Waals surface area contributed by atoms with E-state index in [-0.39, 0.29) is 43.6 Å². The van der Waals surface area contributed by atoms with Crippen molar-refractivity contribution in [1.82, 2.24) is 16.0 Å². The molecule has 0 aromatic heterocycles. The van der Waals surface area contributed by atoms with Crippen molar-refractivity contribution in [1.29, 1.82) is 0 Å². The van der Waals surface area contributed by atoms with E-state index in [1.165, 1.54) is 6.92 Å². The van der Waals surface area contributed by atoms with E-state index in [1.54, 1.807) is 38.1 Å². The van der Waals surface area contributed by atoms with Gasteiger partial charge in [0.25, 0.3) is 0 Å². The van der Waals surface area contributed by atoms with E-state index in [0.29, 0.717) is 31.4 Å². The minimum absolute atomic E-state index is 0.0357. The smallest absolute Gasteiger partial charge is 0.312 e. The molecule has 0 saturated carbocycles. The second-order valence-corrected chi connectivity index (χ2v) is 12.2. The molecular weight excluding hydrogens is 566 g/mol. The molecule has 0 heterocycles. The number of amides is 5. The number of benzene rings is 1. The molecule has 14 heteroatoms. The van der Waals surface area contributed by atoms with Crippen LogP contribution < -0.4 is 27.0 Å². The minimum atomic E-state index is -3.29. The van der Waals surface area contributed by atoms with Gasteiger partial charge in [0.1, 0.15) is 18.7 Å². The van der Waals surface area contributed by atoms with Crippen LogP contribution in [0.2, 0.25) is 0 Å². The molecule has 0 saturated heterocycles. The number of carbonyl (C=O) groups is 5. The van der Waals surface area contributed by atoms with Crippen molar-refractivity contribution in [3.63, 3.8) is 0 Å². The molecule has 234 valence electrons. The first-order valence-electron chi connectivity index (χ1n) is 13.8. The fraction of sp³-hybridized carbons (Fsp3) is 0.536. The standard InChI is InChI=1S/C28H43N5O8S/c1-5-42(39,40)17-8-6-7-11-24(35)33-25(19(2)3)27(37)32-23(10-9-16-30-28(29)38)26(36)31-22-14-12-21(13-15-22)18-41-20(4)34/h5,12-15,19,23,25H,1,6-11,16-18H2,2-4H3,(H,31,36)(H,32,37)(H,33,35)(H3,29,30,38). The van der Waals surface area contributed by atoms with Crippen LogP contribution in [0.1, 0.15) is 64.9 Å². The molecule has 2 unspecified atom stereocenters. The van der Waals surface area contributed by atoms with Gasteiger partial charge >= 0.3 is 12.0 Å². The first-order valence-corrected chi connectivity index (χ1v) is 15.5. The number of nitrogens with two attached hydrogens (primary N) is 1. The fourth-order valence-electron chi connectivity index (χ4n) is 3.78. The predicted molar refractivity (Wildman–Crippen MR) is 159 cm³/mol. The Labute approximate surface area is 247 Å². The number of anilines is 1. The zero-order valence-electron chi connectivity index (χ0n) is 24.4. The molecule has 1 rings (SSSR count). The molecule has 42 heavy (non-hydrogen) atoms. The van der Waals surface area contributed by atoms with Crippen molar-refractivity contribution in [3.8, 4) is 0 Å². The summed E-state index contributed by atoms with van der Waals surface area (Å²) in [5, 5.41) is 11.5. The lowest BCUT2D eigenvalue weighted by molar-refractivity contribution is -0.142. The van der Waals surface area contributed by atoms with Crippen LogP contribution in [-0.4, -0.2) is 62.5 Å². The average molecular weight is 610 g/mol. The van der Waals surface area contributed by atoms with Gasteiger partial charge in [-0.2, -0.15) is 0 Å². The average Bonchev–Trinajstić information content (AvgIpc) is 2.92. The maximum Gasteiger partial charge on any atom is 0.312 e. The highest BCUT2D eigenvalue weighted by molar-refractivity contribution is 7.94. The first-order chi connectivity index (χ1) is 19.7. The summed E-state index contributed by atoms with van der Waals surface area (Å²) in [6.07, 6.45) is 1.98. The molecule has 2 atom stereocenters. The topological polar surface area (TPSA) is 203 Å². The van der Waals surface area contributed by atoms with E-state index in [9.17, 15) is 32.4 Å². The van der Waals surface area contributed by atoms with Gasteiger partial charge in [0, 0.05) is 31.0 Å². The largest absolute Gasteiger partial charge is 0.461 e. The fourth-order valence-corrected chi connectivity index (χ4v) is 4.55. The quantitative estimate of drug-likeness (QED) is 0.115. The third kappa shape index (κ3) is 15.2. The number of hydrogen-bond acceptors (Lipinski definition) is 8. The van der Waals surface area contributed by atoms with E-state index < -0.39 is 45.7 Å². The molecule has 0 aliphatic heterocycles. The molecule has 0 aliphatic rings. The van der Waals surface area contributed by atoms with Crippen molar-refractivity contribution >= 4 is 45.2 Å². The zero-order chi connectivity index (χ0) is 31.7. The Balaban J connectivity index is 2.82. The number of ether oxygens (including phenoxy) is 1. The summed E-state index contributed by atoms with van der Waals surface area (Å²) in [4.78, 5) is 60.9. The van der Waals surface area contributed by atoms with Crippen LogP contribution >= 0.6 is 0 Å². The number of hydrogen-bond donors (Lipinski definition) is 5. The Morgan fingerprint density at radius 3 is 2.21 bits per heavy atom. The highest BCUT2D eigenvalue weighted by Crippen LogP contribution is 2.13. The van der Waals surface area contributed by atoms with E-state index in [1.807, 2.05) is 0 Å². The van der Waals surface area contributed by atoms with Crippen molar-refractivity contribution < 1.29 is 37.1 Å². The number of rotatable bonds is 19. The van der Waals surface area contributed by atoms with Crippen molar-refractivity contribution in [2.45, 2.75) is 78.0 Å². The Kier molecular flexibility index (Phi) is 15.9. The van der Waals surface area contributed by atoms with Gasteiger partial charge < -0.3 is 31.7 Å². The first kappa shape index (κ1) is 36.1. The number of esters is 1. The number of nitrogens with one attached hydrogen (secondary N) is 4. The van der Waals surface area contributed by atoms with Crippen LogP contribution in [0.15, 0.2) is 36.3 Å². The molecule has 0 aliphatic carbocycles. The summed E-state index contributed by atoms with van der Waals surface area (Å²) >= 11 is 0. The summed E-state index contributed by atoms with van der Waals surface area (Å²) in [6, 6.07) is 4.02. The maximum absolute atomic E-state index is 13.2. The van der Waals surface area contributed by atoms with Crippen LogP contribution in [-0.2, 0) is 40.4 Å². The lowest BCUT2D eigenvalue weighted by atomic mass is 10.0. The number of unbranched alkanes of at least 4 members (excludes halogenated alkanes) is 2. The maximum atomic E-state index is 13.2. The third-order valence-corrected chi connectivity index (χ3v) is 7.48. The van der Waals surface area contributed by atoms with Crippen LogP contribution in [0, 0.1) is 5.92 Å². The summed E-state index contributed by atoms with van der Waals surface area (Å²) < 4.78 is 27.9. The third-order valence-electron chi connectivity index (χ3n) is 6.12. The van der Waals surface area contributed by atoms with Gasteiger partial charge in [-0.25, -0.2) is 13.2 Å². The van der Waals surface area contributed by atoms with E-state index in [0.717, 1.165) is 11.0 Å². The molecule has 6 N–H and O–H groups in total. The normalized spacial score (nSPS) is 12.5. The highest BCUT2D eigenvalue weighted by Gasteiger charge is 2.28. The van der Waals surface area contributed by atoms with Crippen LogP contribution in [0.5, 0.6) is 0 Å². The Bertz CT molecular complexity index is 1190. The SMILES string of the molecule is C=CS(=O)(=O)CCCCCC(=O)NC(C(=O)NC(CCCNC(N)=O)C(=O)Nc1ccc(COC(C)=O)cc1)C(C)C. The van der Waals surface area contributed by atoms with Gasteiger partial charge in [-0.3, -0.25) is 19.2 Å². The highest BCUT2D eigenvalue weighted by atomic mass is 32.2. The summed E-state index contributed by atoms with van der Waals surface area (Å²) in [7, 11) is -3.29. The number of urea groups is 1. The van der Waals surface area contributed by atoms with Crippen LogP contribution in [0.4, 0.5) is 10.5 Å². The van der Waals surface area contributed by atoms with Gasteiger partial charge in [-0.1, -0.05) is 39.0 Å². The zero-order valence-corrected chi connectivity index (χ0v) is 25.3. The predicted octanol–water partition coefficient (Wildman–Crippen LogP) is 1.88. The van der Waals surface area contributed by atoms with Gasteiger partial charge in [-0.15, -0.1) is 0 Å². The van der Waals surface area contributed by atoms with E-state index in [2.05, 4.69) is 27.8 Å². The molecular formula is C28H43N5O8S. The van der Waals surface area contributed by atoms with Crippen LogP contribution in [0.3, 0.4) is 0 Å². The van der Waals surface area contributed by atoms with Crippen molar-refractivity contribution in [2.75, 3.05) is 17.6 Å². The van der Waals surface area contributed by atoms with Gasteiger partial charge in [0.2, 0.25) is 17.7 Å². The Morgan fingerprint density at radius 2 is 1.64 bits per heavy atom. The van der Waals surface area contributed by atoms with Crippen LogP contribution in [0.25, 0.3) is 0 Å². The second kappa shape index (κ2) is 18.5. The molecule has 0 radical (unpaired) electrons. The Morgan fingerprint density at radius 1 is 0.976 bits per heavy atom. The lowest BCUT2D eigenvalue weighted by Gasteiger charge is -2.25. The monoisotopic (exact) mass is 609 g/mol.